The molecule has 2 amide bonds. The van der Waals surface area contributed by atoms with Crippen LogP contribution in [0.3, 0.4) is 0 Å². The zero-order valence-electron chi connectivity index (χ0n) is 17.6. The quantitative estimate of drug-likeness (QED) is 0.683. The highest BCUT2D eigenvalue weighted by atomic mass is 16.2. The van der Waals surface area contributed by atoms with Gasteiger partial charge in [0.25, 0.3) is 0 Å². The molecule has 0 fully saturated rings. The standard InChI is InChI=1S/C24H30N2O3/c1-5-22(28)25-21(24(29)26-23(16(2)3)17(4)27)15-18-11-13-20(14-12-18)19-9-7-6-8-10-19/h6-14,16,21,23H,5,15H2,1-4H3,(H,25,28)(H,26,29)/t21-,23-/m0/s1. The molecule has 2 N–H and O–H groups in total. The van der Waals surface area contributed by atoms with Gasteiger partial charge >= 0.3 is 0 Å². The number of Topliss-reactive ketones (excluding diaryl/α,β-unsaturated/α-hetero) is 1. The molecular formula is C24H30N2O3. The van der Waals surface area contributed by atoms with Gasteiger partial charge in [-0.3, -0.25) is 14.4 Å². The Morgan fingerprint density at radius 2 is 1.45 bits per heavy atom. The Morgan fingerprint density at radius 1 is 0.862 bits per heavy atom. The molecule has 2 aromatic carbocycles. The highest BCUT2D eigenvalue weighted by molar-refractivity contribution is 5.92. The second kappa shape index (κ2) is 10.6. The lowest BCUT2D eigenvalue weighted by Crippen LogP contribution is -2.53. The van der Waals surface area contributed by atoms with Crippen LogP contribution in [0.5, 0.6) is 0 Å². The predicted octanol–water partition coefficient (Wildman–Crippen LogP) is 3.52. The van der Waals surface area contributed by atoms with Crippen LogP contribution in [0.4, 0.5) is 0 Å². The minimum absolute atomic E-state index is 0.0240. The van der Waals surface area contributed by atoms with E-state index in [0.717, 1.165) is 16.7 Å². The van der Waals surface area contributed by atoms with Crippen LogP contribution in [0, 0.1) is 5.92 Å². The Morgan fingerprint density at radius 3 is 1.97 bits per heavy atom. The van der Waals surface area contributed by atoms with E-state index in [9.17, 15) is 14.4 Å². The van der Waals surface area contributed by atoms with E-state index in [0.29, 0.717) is 6.42 Å². The maximum atomic E-state index is 12.8. The summed E-state index contributed by atoms with van der Waals surface area (Å²) >= 11 is 0. The molecule has 0 aliphatic rings. The van der Waals surface area contributed by atoms with Gasteiger partial charge < -0.3 is 10.6 Å². The number of hydrogen-bond acceptors (Lipinski definition) is 3. The second-order valence-electron chi connectivity index (χ2n) is 7.58. The first-order valence-corrected chi connectivity index (χ1v) is 10.1. The van der Waals surface area contributed by atoms with Crippen molar-refractivity contribution in [3.8, 4) is 11.1 Å². The van der Waals surface area contributed by atoms with E-state index in [4.69, 9.17) is 0 Å². The lowest BCUT2D eigenvalue weighted by atomic mass is 9.98. The molecule has 0 aromatic heterocycles. The highest BCUT2D eigenvalue weighted by Gasteiger charge is 2.26. The average Bonchev–Trinajstić information content (AvgIpc) is 2.71. The van der Waals surface area contributed by atoms with Crippen molar-refractivity contribution in [3.63, 3.8) is 0 Å². The van der Waals surface area contributed by atoms with E-state index in [2.05, 4.69) is 10.6 Å². The Kier molecular flexibility index (Phi) is 8.13. The maximum Gasteiger partial charge on any atom is 0.243 e. The molecule has 0 spiro atoms. The van der Waals surface area contributed by atoms with Gasteiger partial charge in [0.15, 0.2) is 5.78 Å². The van der Waals surface area contributed by atoms with Crippen LogP contribution in [-0.4, -0.2) is 29.7 Å². The smallest absolute Gasteiger partial charge is 0.243 e. The summed E-state index contributed by atoms with van der Waals surface area (Å²) in [6.07, 6.45) is 0.645. The highest BCUT2D eigenvalue weighted by Crippen LogP contribution is 2.20. The van der Waals surface area contributed by atoms with E-state index in [-0.39, 0.29) is 29.9 Å². The molecule has 5 nitrogen and oxygen atoms in total. The van der Waals surface area contributed by atoms with Crippen LogP contribution < -0.4 is 10.6 Å². The summed E-state index contributed by atoms with van der Waals surface area (Å²) in [7, 11) is 0. The summed E-state index contributed by atoms with van der Waals surface area (Å²) < 4.78 is 0. The van der Waals surface area contributed by atoms with Gasteiger partial charge in [-0.15, -0.1) is 0 Å². The number of amides is 2. The second-order valence-corrected chi connectivity index (χ2v) is 7.58. The Balaban J connectivity index is 2.16. The van der Waals surface area contributed by atoms with Crippen LogP contribution >= 0.6 is 0 Å². The first-order chi connectivity index (χ1) is 13.8. The topological polar surface area (TPSA) is 75.3 Å². The van der Waals surface area contributed by atoms with Crippen molar-refractivity contribution in [2.45, 2.75) is 52.6 Å². The molecule has 2 rings (SSSR count). The molecule has 0 unspecified atom stereocenters. The molecule has 2 aromatic rings. The van der Waals surface area contributed by atoms with Crippen molar-refractivity contribution >= 4 is 17.6 Å². The summed E-state index contributed by atoms with van der Waals surface area (Å²) in [5.74, 6) is -0.659. The van der Waals surface area contributed by atoms with E-state index in [1.165, 1.54) is 6.92 Å². The lowest BCUT2D eigenvalue weighted by molar-refractivity contribution is -0.131. The van der Waals surface area contributed by atoms with Gasteiger partial charge in [-0.1, -0.05) is 75.4 Å². The summed E-state index contributed by atoms with van der Waals surface area (Å²) in [6, 6.07) is 16.7. The maximum absolute atomic E-state index is 12.8. The van der Waals surface area contributed by atoms with Gasteiger partial charge in [-0.2, -0.15) is 0 Å². The summed E-state index contributed by atoms with van der Waals surface area (Å²) in [5.41, 5.74) is 3.14. The predicted molar refractivity (Wildman–Crippen MR) is 115 cm³/mol. The Labute approximate surface area is 172 Å². The summed E-state index contributed by atoms with van der Waals surface area (Å²) in [5, 5.41) is 5.58. The fourth-order valence-electron chi connectivity index (χ4n) is 3.20. The van der Waals surface area contributed by atoms with Crippen LogP contribution in [0.25, 0.3) is 11.1 Å². The number of carbonyl (C=O) groups excluding carboxylic acids is 3. The van der Waals surface area contributed by atoms with Crippen LogP contribution in [-0.2, 0) is 20.8 Å². The molecule has 0 heterocycles. The van der Waals surface area contributed by atoms with Gasteiger partial charge in [0.1, 0.15) is 6.04 Å². The number of hydrogen-bond donors (Lipinski definition) is 2. The molecule has 0 aliphatic heterocycles. The fourth-order valence-corrected chi connectivity index (χ4v) is 3.20. The van der Waals surface area contributed by atoms with Crippen molar-refractivity contribution in [3.05, 3.63) is 60.2 Å². The van der Waals surface area contributed by atoms with Crippen LogP contribution in [0.2, 0.25) is 0 Å². The molecule has 0 radical (unpaired) electrons. The fraction of sp³-hybridized carbons (Fsp3) is 0.375. The van der Waals surface area contributed by atoms with Crippen molar-refractivity contribution < 1.29 is 14.4 Å². The van der Waals surface area contributed by atoms with Gasteiger partial charge in [0.2, 0.25) is 11.8 Å². The number of nitrogens with one attached hydrogen (secondary N) is 2. The number of carbonyl (C=O) groups is 3. The third-order valence-corrected chi connectivity index (χ3v) is 4.88. The molecule has 5 heteroatoms. The molecular weight excluding hydrogens is 364 g/mol. The number of rotatable bonds is 9. The largest absolute Gasteiger partial charge is 0.344 e. The Bertz CT molecular complexity index is 829. The zero-order chi connectivity index (χ0) is 21.4. The third-order valence-electron chi connectivity index (χ3n) is 4.88. The van der Waals surface area contributed by atoms with Crippen LogP contribution in [0.1, 0.15) is 39.7 Å². The molecule has 2 atom stereocenters. The Hall–Kier alpha value is -2.95. The van der Waals surface area contributed by atoms with E-state index >= 15 is 0 Å². The number of benzene rings is 2. The minimum atomic E-state index is -0.731. The first-order valence-electron chi connectivity index (χ1n) is 10.1. The lowest BCUT2D eigenvalue weighted by Gasteiger charge is -2.24. The minimum Gasteiger partial charge on any atom is -0.344 e. The van der Waals surface area contributed by atoms with E-state index in [1.54, 1.807) is 6.92 Å². The van der Waals surface area contributed by atoms with Gasteiger partial charge in [0.05, 0.1) is 6.04 Å². The van der Waals surface area contributed by atoms with Crippen LogP contribution in [0.15, 0.2) is 54.6 Å². The molecule has 29 heavy (non-hydrogen) atoms. The van der Waals surface area contributed by atoms with Crippen molar-refractivity contribution in [2.24, 2.45) is 5.92 Å². The van der Waals surface area contributed by atoms with Gasteiger partial charge in [-0.05, 0) is 29.5 Å². The van der Waals surface area contributed by atoms with Crippen molar-refractivity contribution in [1.29, 1.82) is 0 Å². The zero-order valence-corrected chi connectivity index (χ0v) is 17.6. The normalized spacial score (nSPS) is 12.9. The summed E-state index contributed by atoms with van der Waals surface area (Å²) in [6.45, 7) is 6.97. The molecule has 154 valence electrons. The monoisotopic (exact) mass is 394 g/mol. The van der Waals surface area contributed by atoms with Crippen molar-refractivity contribution in [2.75, 3.05) is 0 Å². The molecule has 0 bridgehead atoms. The molecule has 0 saturated carbocycles. The van der Waals surface area contributed by atoms with Gasteiger partial charge in [-0.25, -0.2) is 0 Å². The first kappa shape index (κ1) is 22.3. The van der Waals surface area contributed by atoms with E-state index < -0.39 is 12.1 Å². The third kappa shape index (κ3) is 6.56. The molecule has 0 saturated heterocycles. The SMILES string of the molecule is CCC(=O)N[C@@H](Cc1ccc(-c2ccccc2)cc1)C(=O)N[C@H](C(C)=O)C(C)C. The van der Waals surface area contributed by atoms with Crippen molar-refractivity contribution in [1.82, 2.24) is 10.6 Å². The average molecular weight is 395 g/mol. The number of ketones is 1. The van der Waals surface area contributed by atoms with E-state index in [1.807, 2.05) is 68.4 Å². The molecule has 0 aliphatic carbocycles. The summed E-state index contributed by atoms with van der Waals surface area (Å²) in [4.78, 5) is 36.6. The van der Waals surface area contributed by atoms with Gasteiger partial charge in [0, 0.05) is 12.8 Å².